The van der Waals surface area contributed by atoms with Crippen LogP contribution in [0.25, 0.3) is 5.69 Å². The van der Waals surface area contributed by atoms with Crippen molar-refractivity contribution in [3.8, 4) is 5.69 Å². The van der Waals surface area contributed by atoms with Gasteiger partial charge < -0.3 is 10.1 Å². The predicted octanol–water partition coefficient (Wildman–Crippen LogP) is 2.09. The third kappa shape index (κ3) is 3.55. The number of rotatable bonds is 4. The Kier molecular flexibility index (Phi) is 5.79. The number of ether oxygens (including phenoxy) is 1. The molecule has 1 aromatic carbocycles. The minimum atomic E-state index is -5.86. The quantitative estimate of drug-likeness (QED) is 0.585. The second kappa shape index (κ2) is 7.54. The molecule has 164 valence electrons. The highest BCUT2D eigenvalue weighted by Crippen LogP contribution is 2.41. The summed E-state index contributed by atoms with van der Waals surface area (Å²) < 4.78 is 86.4. The van der Waals surface area contributed by atoms with Crippen LogP contribution in [0.3, 0.4) is 0 Å². The molecule has 0 saturated carbocycles. The molecule has 1 atom stereocenters. The fourth-order valence-corrected chi connectivity index (χ4v) is 2.94. The summed E-state index contributed by atoms with van der Waals surface area (Å²) in [6, 6.07) is 7.20. The second-order valence-corrected chi connectivity index (χ2v) is 6.13. The first-order valence-corrected chi connectivity index (χ1v) is 8.09. The highest BCUT2D eigenvalue weighted by Gasteiger charge is 2.68. The van der Waals surface area contributed by atoms with Crippen LogP contribution in [0.5, 0.6) is 0 Å². The van der Waals surface area contributed by atoms with Crippen LogP contribution in [0.15, 0.2) is 35.1 Å². The van der Waals surface area contributed by atoms with Crippen molar-refractivity contribution in [2.45, 2.75) is 24.8 Å². The summed E-state index contributed by atoms with van der Waals surface area (Å²) in [6.07, 6.45) is -11.6. The molecule has 0 unspecified atom stereocenters. The van der Waals surface area contributed by atoms with E-state index in [2.05, 4.69) is 4.74 Å². The Morgan fingerprint density at radius 1 is 1.03 bits per heavy atom. The minimum absolute atomic E-state index is 0.0717. The van der Waals surface area contributed by atoms with Crippen molar-refractivity contribution < 1.29 is 40.7 Å². The van der Waals surface area contributed by atoms with Gasteiger partial charge in [-0.1, -0.05) is 18.2 Å². The number of methoxy groups -OCH3 is 1. The molecule has 1 aromatic heterocycles. The molecule has 1 N–H and O–H groups in total. The number of hydrogen-bond acceptors (Lipinski definition) is 4. The zero-order valence-corrected chi connectivity index (χ0v) is 15.7. The van der Waals surface area contributed by atoms with Gasteiger partial charge in [0.1, 0.15) is 0 Å². The summed E-state index contributed by atoms with van der Waals surface area (Å²) >= 11 is 0. The van der Waals surface area contributed by atoms with Crippen LogP contribution in [0.4, 0.5) is 26.3 Å². The van der Waals surface area contributed by atoms with E-state index in [4.69, 9.17) is 0 Å². The topological polar surface area (TPSA) is 82.3 Å². The molecule has 1 heterocycles. The van der Waals surface area contributed by atoms with Gasteiger partial charge in [0.25, 0.3) is 11.1 Å². The Morgan fingerprint density at radius 3 is 2.00 bits per heavy atom. The van der Waals surface area contributed by atoms with E-state index in [0.29, 0.717) is 17.1 Å². The summed E-state index contributed by atoms with van der Waals surface area (Å²) in [7, 11) is 1.65. The first kappa shape index (κ1) is 23.0. The standard InChI is InChI=1S/C17H15F6N3O4/c1-9-11(12(27)26(25(9)2)10-7-5-4-6-8-10)15(14(29)30-3,17(21,22)23)24-13(28)16(18,19)20/h4-8H,1-3H3,(H,24,28)/t15-/m1/s1. The molecule has 0 aliphatic rings. The Hall–Kier alpha value is -3.25. The molecule has 0 saturated heterocycles. The summed E-state index contributed by atoms with van der Waals surface area (Å²) in [4.78, 5) is 36.6. The maximum Gasteiger partial charge on any atom is 0.471 e. The summed E-state index contributed by atoms with van der Waals surface area (Å²) in [5.41, 5.74) is -7.73. The molecule has 1 amide bonds. The van der Waals surface area contributed by atoms with Crippen molar-refractivity contribution in [3.05, 3.63) is 51.9 Å². The maximum atomic E-state index is 14.1. The molecule has 7 nitrogen and oxygen atoms in total. The largest absolute Gasteiger partial charge is 0.471 e. The van der Waals surface area contributed by atoms with E-state index in [1.807, 2.05) is 0 Å². The molecule has 0 aliphatic heterocycles. The second-order valence-electron chi connectivity index (χ2n) is 6.13. The number of halogens is 6. The Balaban J connectivity index is 2.95. The Bertz CT molecular complexity index is 1020. The molecule has 0 radical (unpaired) electrons. The van der Waals surface area contributed by atoms with Gasteiger partial charge in [0.15, 0.2) is 0 Å². The van der Waals surface area contributed by atoms with E-state index in [0.717, 1.165) is 18.7 Å². The highest BCUT2D eigenvalue weighted by molar-refractivity contribution is 5.92. The minimum Gasteiger partial charge on any atom is -0.467 e. The normalized spacial score (nSPS) is 14.2. The van der Waals surface area contributed by atoms with E-state index in [-0.39, 0.29) is 5.69 Å². The number of esters is 1. The lowest BCUT2D eigenvalue weighted by molar-refractivity contribution is -0.223. The van der Waals surface area contributed by atoms with Crippen molar-refractivity contribution in [3.63, 3.8) is 0 Å². The van der Waals surface area contributed by atoms with E-state index >= 15 is 0 Å². The van der Waals surface area contributed by atoms with Gasteiger partial charge in [0.05, 0.1) is 18.4 Å². The van der Waals surface area contributed by atoms with Crippen molar-refractivity contribution in [1.29, 1.82) is 0 Å². The van der Waals surface area contributed by atoms with Crippen molar-refractivity contribution in [2.24, 2.45) is 7.05 Å². The number of nitrogens with zero attached hydrogens (tertiary/aromatic N) is 2. The monoisotopic (exact) mass is 439 g/mol. The number of carbonyl (C=O) groups is 2. The molecule has 0 spiro atoms. The molecule has 0 fully saturated rings. The molecule has 30 heavy (non-hydrogen) atoms. The van der Waals surface area contributed by atoms with Crippen LogP contribution in [0, 0.1) is 6.92 Å². The fraction of sp³-hybridized carbons (Fsp3) is 0.353. The van der Waals surface area contributed by atoms with Crippen LogP contribution in [0.1, 0.15) is 11.3 Å². The zero-order chi connectivity index (χ0) is 23.1. The average Bonchev–Trinajstić information content (AvgIpc) is 2.87. The predicted molar refractivity (Wildman–Crippen MR) is 89.7 cm³/mol. The van der Waals surface area contributed by atoms with Gasteiger partial charge in [-0.25, -0.2) is 9.48 Å². The molecule has 2 aromatic rings. The van der Waals surface area contributed by atoms with Crippen LogP contribution in [-0.4, -0.2) is 40.7 Å². The van der Waals surface area contributed by atoms with Gasteiger partial charge in [0, 0.05) is 12.7 Å². The van der Waals surface area contributed by atoms with Crippen molar-refractivity contribution >= 4 is 11.9 Å². The van der Waals surface area contributed by atoms with Crippen LogP contribution in [-0.2, 0) is 26.9 Å². The lowest BCUT2D eigenvalue weighted by Gasteiger charge is -2.33. The Labute approximate surface area is 164 Å². The SMILES string of the molecule is COC(=O)[C@](NC(=O)C(F)(F)F)(c1c(C)n(C)n(-c2ccccc2)c1=O)C(F)(F)F. The van der Waals surface area contributed by atoms with Crippen LogP contribution >= 0.6 is 0 Å². The van der Waals surface area contributed by atoms with Gasteiger partial charge in [-0.2, -0.15) is 26.3 Å². The van der Waals surface area contributed by atoms with Crippen molar-refractivity contribution in [2.75, 3.05) is 7.11 Å². The average molecular weight is 439 g/mol. The fourth-order valence-electron chi connectivity index (χ4n) is 2.94. The maximum absolute atomic E-state index is 14.1. The molecular formula is C17H15F6N3O4. The number of benzene rings is 1. The molecule has 13 heteroatoms. The first-order chi connectivity index (χ1) is 13.7. The zero-order valence-electron chi connectivity index (χ0n) is 15.7. The van der Waals surface area contributed by atoms with Gasteiger partial charge in [0.2, 0.25) is 0 Å². The number of amides is 1. The molecule has 0 aliphatic carbocycles. The number of hydrogen-bond donors (Lipinski definition) is 1. The van der Waals surface area contributed by atoms with Gasteiger partial charge >= 0.3 is 24.2 Å². The number of aromatic nitrogens is 2. The molecular weight excluding hydrogens is 424 g/mol. The number of nitrogens with one attached hydrogen (secondary N) is 1. The third-order valence-corrected chi connectivity index (χ3v) is 4.40. The van der Waals surface area contributed by atoms with Crippen LogP contribution in [0.2, 0.25) is 0 Å². The lowest BCUT2D eigenvalue weighted by atomic mass is 9.88. The smallest absolute Gasteiger partial charge is 0.467 e. The number of para-hydroxylation sites is 1. The summed E-state index contributed by atoms with van der Waals surface area (Å²) in [5.74, 6) is -5.38. The highest BCUT2D eigenvalue weighted by atomic mass is 19.4. The van der Waals surface area contributed by atoms with Gasteiger partial charge in [-0.3, -0.25) is 14.3 Å². The number of alkyl halides is 6. The third-order valence-electron chi connectivity index (χ3n) is 4.40. The molecule has 0 bridgehead atoms. The Morgan fingerprint density at radius 2 is 1.57 bits per heavy atom. The summed E-state index contributed by atoms with van der Waals surface area (Å²) in [6.45, 7) is 0.985. The van der Waals surface area contributed by atoms with E-state index in [1.165, 1.54) is 24.3 Å². The lowest BCUT2D eigenvalue weighted by Crippen LogP contribution is -2.65. The summed E-state index contributed by atoms with van der Waals surface area (Å²) in [5, 5.41) is 0.661. The van der Waals surface area contributed by atoms with E-state index < -0.39 is 46.6 Å². The number of carbonyl (C=O) groups excluding carboxylic acids is 2. The first-order valence-electron chi connectivity index (χ1n) is 8.09. The van der Waals surface area contributed by atoms with Crippen LogP contribution < -0.4 is 10.9 Å². The van der Waals surface area contributed by atoms with Crippen molar-refractivity contribution in [1.82, 2.24) is 14.7 Å². The van der Waals surface area contributed by atoms with E-state index in [1.54, 1.807) is 6.07 Å². The van der Waals surface area contributed by atoms with E-state index in [9.17, 15) is 40.7 Å². The van der Waals surface area contributed by atoms with Gasteiger partial charge in [-0.05, 0) is 19.1 Å². The van der Waals surface area contributed by atoms with Gasteiger partial charge in [-0.15, -0.1) is 0 Å². The molecule has 2 rings (SSSR count).